The molecule has 0 radical (unpaired) electrons. The summed E-state index contributed by atoms with van der Waals surface area (Å²) in [6.07, 6.45) is 78.5. The summed E-state index contributed by atoms with van der Waals surface area (Å²) >= 11 is 0. The van der Waals surface area contributed by atoms with E-state index in [-0.39, 0.29) is 18.5 Å². The number of carbonyl (C=O) groups excluding carboxylic acids is 2. The summed E-state index contributed by atoms with van der Waals surface area (Å²) in [5.74, 6) is -0.0867. The van der Waals surface area contributed by atoms with E-state index in [1.54, 1.807) is 0 Å². The van der Waals surface area contributed by atoms with Crippen LogP contribution >= 0.6 is 0 Å². The third kappa shape index (κ3) is 57.1. The van der Waals surface area contributed by atoms with Crippen LogP contribution in [0.25, 0.3) is 0 Å². The van der Waals surface area contributed by atoms with Crippen LogP contribution in [0, 0.1) is 0 Å². The van der Waals surface area contributed by atoms with Crippen LogP contribution in [0.3, 0.4) is 0 Å². The Balaban J connectivity index is 3.46. The SMILES string of the molecule is CCCCCC/C=C\C/C=C\CCCCCCCC(=O)OCC/C=C\C/C=C\CCCCCCCCCCCCCCCCC(=O)NC(CO)C(O)CCCCCCCCCCCCCCCCCCCC. The van der Waals surface area contributed by atoms with Crippen molar-refractivity contribution in [2.75, 3.05) is 13.2 Å². The number of allylic oxidation sites excluding steroid dienone is 7. The lowest BCUT2D eigenvalue weighted by atomic mass is 10.0. The zero-order valence-electron chi connectivity index (χ0n) is 48.2. The fourth-order valence-electron chi connectivity index (χ4n) is 9.75. The zero-order valence-corrected chi connectivity index (χ0v) is 48.2. The molecule has 72 heavy (non-hydrogen) atoms. The third-order valence-electron chi connectivity index (χ3n) is 14.6. The standard InChI is InChI=1S/C66H123NO5/c1-3-5-7-9-11-13-15-17-19-21-27-30-34-38-42-46-50-54-58-64(69)63(62-68)67-65(70)59-55-51-47-43-39-35-31-28-25-23-22-24-26-29-33-37-41-45-49-53-57-61-72-66(71)60-56-52-48-44-40-36-32-20-18-16-14-12-10-8-6-4-2/h14,16,20,32,37,41,49,53,63-64,68-69H,3-13,15,17-19,21-31,33-36,38-40,42-48,50-52,54-62H2,1-2H3,(H,67,70)/b16-14-,32-20-,41-37-,53-49-. The van der Waals surface area contributed by atoms with Crippen molar-refractivity contribution in [1.82, 2.24) is 5.32 Å². The van der Waals surface area contributed by atoms with Crippen molar-refractivity contribution >= 4 is 11.9 Å². The van der Waals surface area contributed by atoms with Crippen LogP contribution in [-0.4, -0.2) is 47.4 Å². The molecule has 0 aromatic rings. The van der Waals surface area contributed by atoms with Gasteiger partial charge in [-0.05, 0) is 77.0 Å². The van der Waals surface area contributed by atoms with Crippen molar-refractivity contribution in [3.8, 4) is 0 Å². The van der Waals surface area contributed by atoms with E-state index in [9.17, 15) is 19.8 Å². The smallest absolute Gasteiger partial charge is 0.305 e. The first-order valence-electron chi connectivity index (χ1n) is 31.9. The van der Waals surface area contributed by atoms with Crippen molar-refractivity contribution in [3.63, 3.8) is 0 Å². The molecule has 0 aliphatic rings. The van der Waals surface area contributed by atoms with Gasteiger partial charge >= 0.3 is 5.97 Å². The number of esters is 1. The summed E-state index contributed by atoms with van der Waals surface area (Å²) in [6.45, 7) is 4.84. The Bertz CT molecular complexity index is 1210. The molecule has 0 saturated carbocycles. The fourth-order valence-corrected chi connectivity index (χ4v) is 9.75. The Morgan fingerprint density at radius 2 is 0.694 bits per heavy atom. The number of unbranched alkanes of at least 4 members (excludes halogenated alkanes) is 40. The van der Waals surface area contributed by atoms with E-state index in [1.807, 2.05) is 0 Å². The van der Waals surface area contributed by atoms with Crippen molar-refractivity contribution in [2.45, 2.75) is 347 Å². The van der Waals surface area contributed by atoms with Gasteiger partial charge in [0.15, 0.2) is 0 Å². The highest BCUT2D eigenvalue weighted by molar-refractivity contribution is 5.76. The lowest BCUT2D eigenvalue weighted by Crippen LogP contribution is -2.45. The molecule has 0 aromatic carbocycles. The second kappa shape index (κ2) is 61.4. The highest BCUT2D eigenvalue weighted by Gasteiger charge is 2.20. The van der Waals surface area contributed by atoms with Crippen LogP contribution in [0.4, 0.5) is 0 Å². The monoisotopic (exact) mass is 1010 g/mol. The number of hydrogen-bond donors (Lipinski definition) is 3. The van der Waals surface area contributed by atoms with Crippen LogP contribution in [0.2, 0.25) is 0 Å². The number of aliphatic hydroxyl groups is 2. The number of ether oxygens (including phenoxy) is 1. The van der Waals surface area contributed by atoms with Crippen molar-refractivity contribution in [2.24, 2.45) is 0 Å². The predicted octanol–water partition coefficient (Wildman–Crippen LogP) is 20.1. The summed E-state index contributed by atoms with van der Waals surface area (Å²) < 4.78 is 5.42. The third-order valence-corrected chi connectivity index (χ3v) is 14.6. The van der Waals surface area contributed by atoms with Gasteiger partial charge in [0, 0.05) is 12.8 Å². The van der Waals surface area contributed by atoms with Gasteiger partial charge < -0.3 is 20.3 Å². The molecular formula is C66H123NO5. The topological polar surface area (TPSA) is 95.9 Å². The molecule has 0 aliphatic heterocycles. The molecule has 0 rings (SSSR count). The number of nitrogens with one attached hydrogen (secondary N) is 1. The Kier molecular flexibility index (Phi) is 59.5. The van der Waals surface area contributed by atoms with Crippen LogP contribution in [0.5, 0.6) is 0 Å². The highest BCUT2D eigenvalue weighted by atomic mass is 16.5. The first-order chi connectivity index (χ1) is 35.5. The maximum atomic E-state index is 12.5. The predicted molar refractivity (Wildman–Crippen MR) is 315 cm³/mol. The molecule has 2 atom stereocenters. The number of aliphatic hydroxyl groups excluding tert-OH is 2. The van der Waals surface area contributed by atoms with E-state index in [4.69, 9.17) is 4.74 Å². The Morgan fingerprint density at radius 1 is 0.389 bits per heavy atom. The largest absolute Gasteiger partial charge is 0.465 e. The van der Waals surface area contributed by atoms with Crippen molar-refractivity contribution < 1.29 is 24.5 Å². The summed E-state index contributed by atoms with van der Waals surface area (Å²) in [5.41, 5.74) is 0. The average molecular weight is 1010 g/mol. The van der Waals surface area contributed by atoms with Crippen molar-refractivity contribution in [3.05, 3.63) is 48.6 Å². The van der Waals surface area contributed by atoms with E-state index in [1.165, 1.54) is 238 Å². The lowest BCUT2D eigenvalue weighted by molar-refractivity contribution is -0.143. The molecule has 0 spiro atoms. The summed E-state index contributed by atoms with van der Waals surface area (Å²) in [5, 5.41) is 23.3. The number of hydrogen-bond acceptors (Lipinski definition) is 5. The molecular weight excluding hydrogens is 887 g/mol. The maximum absolute atomic E-state index is 12.5. The minimum atomic E-state index is -0.669. The van der Waals surface area contributed by atoms with E-state index in [0.717, 1.165) is 64.2 Å². The van der Waals surface area contributed by atoms with Gasteiger partial charge in [-0.25, -0.2) is 0 Å². The number of amides is 1. The van der Waals surface area contributed by atoms with E-state index >= 15 is 0 Å². The second-order valence-electron chi connectivity index (χ2n) is 21.7. The zero-order chi connectivity index (χ0) is 52.2. The number of rotatable bonds is 59. The Hall–Kier alpha value is -2.18. The quantitative estimate of drug-likeness (QED) is 0.0320. The highest BCUT2D eigenvalue weighted by Crippen LogP contribution is 2.18. The van der Waals surface area contributed by atoms with Gasteiger partial charge in [0.2, 0.25) is 5.91 Å². The van der Waals surface area contributed by atoms with Gasteiger partial charge in [-0.15, -0.1) is 0 Å². The molecule has 0 heterocycles. The van der Waals surface area contributed by atoms with Gasteiger partial charge in [0.25, 0.3) is 0 Å². The van der Waals surface area contributed by atoms with Gasteiger partial charge in [0.05, 0.1) is 25.4 Å². The first kappa shape index (κ1) is 69.8. The summed E-state index contributed by atoms with van der Waals surface area (Å²) in [4.78, 5) is 24.5. The lowest BCUT2D eigenvalue weighted by Gasteiger charge is -2.22. The maximum Gasteiger partial charge on any atom is 0.305 e. The molecule has 0 saturated heterocycles. The summed E-state index contributed by atoms with van der Waals surface area (Å²) in [7, 11) is 0. The molecule has 6 heteroatoms. The molecule has 422 valence electrons. The molecule has 0 bridgehead atoms. The minimum absolute atomic E-state index is 0.0381. The van der Waals surface area contributed by atoms with Crippen molar-refractivity contribution in [1.29, 1.82) is 0 Å². The molecule has 2 unspecified atom stereocenters. The molecule has 6 nitrogen and oxygen atoms in total. The van der Waals surface area contributed by atoms with E-state index in [0.29, 0.717) is 25.9 Å². The van der Waals surface area contributed by atoms with Gasteiger partial charge in [-0.1, -0.05) is 294 Å². The molecule has 0 aliphatic carbocycles. The first-order valence-corrected chi connectivity index (χ1v) is 31.9. The average Bonchev–Trinajstić information content (AvgIpc) is 3.38. The Labute approximate surface area is 448 Å². The number of carbonyl (C=O) groups is 2. The molecule has 0 aromatic heterocycles. The van der Waals surface area contributed by atoms with Gasteiger partial charge in [-0.3, -0.25) is 9.59 Å². The second-order valence-corrected chi connectivity index (χ2v) is 21.7. The van der Waals surface area contributed by atoms with Crippen LogP contribution in [-0.2, 0) is 14.3 Å². The van der Waals surface area contributed by atoms with Crippen LogP contribution in [0.15, 0.2) is 48.6 Å². The molecule has 3 N–H and O–H groups in total. The minimum Gasteiger partial charge on any atom is -0.465 e. The van der Waals surface area contributed by atoms with Crippen LogP contribution in [0.1, 0.15) is 335 Å². The van der Waals surface area contributed by atoms with Gasteiger partial charge in [-0.2, -0.15) is 0 Å². The summed E-state index contributed by atoms with van der Waals surface area (Å²) in [6, 6.07) is -0.547. The molecule has 0 fully saturated rings. The molecule has 1 amide bonds. The van der Waals surface area contributed by atoms with E-state index < -0.39 is 12.1 Å². The normalized spacial score (nSPS) is 12.9. The van der Waals surface area contributed by atoms with Crippen LogP contribution < -0.4 is 5.32 Å². The fraction of sp³-hybridized carbons (Fsp3) is 0.848. The van der Waals surface area contributed by atoms with E-state index in [2.05, 4.69) is 67.8 Å². The van der Waals surface area contributed by atoms with Gasteiger partial charge in [0.1, 0.15) is 0 Å². The Morgan fingerprint density at radius 3 is 1.07 bits per heavy atom.